The molecule has 1 atom stereocenters. The Morgan fingerprint density at radius 1 is 1.24 bits per heavy atom. The fourth-order valence-electron chi connectivity index (χ4n) is 5.04. The van der Waals surface area contributed by atoms with E-state index in [1.54, 1.807) is 17.4 Å². The van der Waals surface area contributed by atoms with Crippen molar-refractivity contribution >= 4 is 47.1 Å². The molecule has 1 amide bonds. The van der Waals surface area contributed by atoms with Gasteiger partial charge in [0.15, 0.2) is 0 Å². The molecule has 0 unspecified atom stereocenters. The predicted molar refractivity (Wildman–Crippen MR) is 137 cm³/mol. The standard InChI is InChI=1S/C24H28ClN5OS.ClH/c1-4-11-28(12-5-2)22-15(3)32-23(27-22)20-21-18-10-7-13-29(18)24(31)19-16(25)8-6-9-17(19)30(21)14-26-20;/h6,8-9,14,18H,4-5,7,10-13H2,1-3H3;1H/t18-;/m0./s1. The monoisotopic (exact) mass is 505 g/mol. The van der Waals surface area contributed by atoms with E-state index in [4.69, 9.17) is 21.6 Å². The largest absolute Gasteiger partial charge is 0.356 e. The minimum absolute atomic E-state index is 0. The third kappa shape index (κ3) is 3.94. The predicted octanol–water partition coefficient (Wildman–Crippen LogP) is 6.30. The highest BCUT2D eigenvalue weighted by atomic mass is 35.5. The van der Waals surface area contributed by atoms with E-state index >= 15 is 0 Å². The maximum absolute atomic E-state index is 13.4. The van der Waals surface area contributed by atoms with Gasteiger partial charge in [-0.2, -0.15) is 0 Å². The number of carbonyl (C=O) groups excluding carboxylic acids is 1. The van der Waals surface area contributed by atoms with Crippen LogP contribution in [0.3, 0.4) is 0 Å². The van der Waals surface area contributed by atoms with Crippen LogP contribution in [-0.4, -0.2) is 45.0 Å². The maximum Gasteiger partial charge on any atom is 0.258 e. The first-order valence-electron chi connectivity index (χ1n) is 11.4. The second kappa shape index (κ2) is 9.65. The third-order valence-corrected chi connectivity index (χ3v) is 7.64. The first-order chi connectivity index (χ1) is 15.5. The Morgan fingerprint density at radius 2 is 2.00 bits per heavy atom. The van der Waals surface area contributed by atoms with Crippen molar-refractivity contribution in [1.82, 2.24) is 19.4 Å². The van der Waals surface area contributed by atoms with Crippen LogP contribution in [0.5, 0.6) is 0 Å². The molecule has 9 heteroatoms. The molecule has 3 aromatic rings. The maximum atomic E-state index is 13.4. The van der Waals surface area contributed by atoms with E-state index in [0.717, 1.165) is 73.2 Å². The van der Waals surface area contributed by atoms with E-state index in [9.17, 15) is 4.79 Å². The Hall–Kier alpha value is -2.09. The van der Waals surface area contributed by atoms with Gasteiger partial charge in [-0.1, -0.05) is 31.5 Å². The Labute approximate surface area is 210 Å². The Kier molecular flexibility index (Phi) is 7.03. The summed E-state index contributed by atoms with van der Waals surface area (Å²) in [5.41, 5.74) is 3.30. The molecule has 0 bridgehead atoms. The summed E-state index contributed by atoms with van der Waals surface area (Å²) < 4.78 is 2.07. The van der Waals surface area contributed by atoms with E-state index in [0.29, 0.717) is 10.6 Å². The number of hydrogen-bond donors (Lipinski definition) is 0. The van der Waals surface area contributed by atoms with Crippen molar-refractivity contribution in [2.75, 3.05) is 24.5 Å². The van der Waals surface area contributed by atoms with E-state index in [-0.39, 0.29) is 24.4 Å². The number of amides is 1. The lowest BCUT2D eigenvalue weighted by Crippen LogP contribution is -2.29. The molecule has 0 spiro atoms. The molecule has 2 aromatic heterocycles. The zero-order valence-electron chi connectivity index (χ0n) is 19.2. The van der Waals surface area contributed by atoms with Crippen LogP contribution in [0.1, 0.15) is 66.5 Å². The molecule has 1 saturated heterocycles. The quantitative estimate of drug-likeness (QED) is 0.394. The van der Waals surface area contributed by atoms with Crippen LogP contribution in [0.25, 0.3) is 16.4 Å². The molecule has 1 fully saturated rings. The van der Waals surface area contributed by atoms with Gasteiger partial charge in [0.25, 0.3) is 5.91 Å². The number of thiazole rings is 1. The molecule has 1 aromatic carbocycles. The molecule has 33 heavy (non-hydrogen) atoms. The topological polar surface area (TPSA) is 54.3 Å². The van der Waals surface area contributed by atoms with E-state index in [1.807, 2.05) is 23.4 Å². The minimum atomic E-state index is -0.0153. The fraction of sp³-hybridized carbons (Fsp3) is 0.458. The van der Waals surface area contributed by atoms with Gasteiger partial charge in [0.05, 0.1) is 28.0 Å². The average molecular weight is 507 g/mol. The first-order valence-corrected chi connectivity index (χ1v) is 12.6. The van der Waals surface area contributed by atoms with Crippen molar-refractivity contribution in [2.24, 2.45) is 0 Å². The van der Waals surface area contributed by atoms with Crippen molar-refractivity contribution in [2.45, 2.75) is 52.5 Å². The molecular formula is C24H29Cl2N5OS. The van der Waals surface area contributed by atoms with Gasteiger partial charge in [0, 0.05) is 24.5 Å². The van der Waals surface area contributed by atoms with Gasteiger partial charge in [-0.15, -0.1) is 23.7 Å². The lowest BCUT2D eigenvalue weighted by Gasteiger charge is -2.23. The number of benzene rings is 1. The third-order valence-electron chi connectivity index (χ3n) is 6.36. The Balaban J connectivity index is 0.00000259. The number of rotatable bonds is 6. The lowest BCUT2D eigenvalue weighted by molar-refractivity contribution is 0.0739. The number of aromatic nitrogens is 3. The smallest absolute Gasteiger partial charge is 0.258 e. The lowest BCUT2D eigenvalue weighted by atomic mass is 10.1. The van der Waals surface area contributed by atoms with Crippen LogP contribution < -0.4 is 4.90 Å². The number of carbonyl (C=O) groups is 1. The van der Waals surface area contributed by atoms with Crippen LogP contribution >= 0.6 is 35.3 Å². The van der Waals surface area contributed by atoms with Gasteiger partial charge in [0.2, 0.25) is 0 Å². The number of anilines is 1. The van der Waals surface area contributed by atoms with Crippen LogP contribution in [0.15, 0.2) is 24.5 Å². The van der Waals surface area contributed by atoms with Crippen molar-refractivity contribution < 1.29 is 4.79 Å². The number of imidazole rings is 1. The molecule has 6 nitrogen and oxygen atoms in total. The zero-order valence-corrected chi connectivity index (χ0v) is 21.6. The van der Waals surface area contributed by atoms with E-state index < -0.39 is 0 Å². The molecular weight excluding hydrogens is 477 g/mol. The highest BCUT2D eigenvalue weighted by Crippen LogP contribution is 2.45. The van der Waals surface area contributed by atoms with Crippen molar-refractivity contribution in [3.8, 4) is 16.4 Å². The van der Waals surface area contributed by atoms with Gasteiger partial charge in [-0.25, -0.2) is 9.97 Å². The summed E-state index contributed by atoms with van der Waals surface area (Å²) in [6.07, 6.45) is 5.90. The van der Waals surface area contributed by atoms with Crippen LogP contribution in [0, 0.1) is 6.92 Å². The summed E-state index contributed by atoms with van der Waals surface area (Å²) in [6, 6.07) is 5.63. The fourth-order valence-corrected chi connectivity index (χ4v) is 6.23. The molecule has 0 aliphatic carbocycles. The van der Waals surface area contributed by atoms with Crippen LogP contribution in [-0.2, 0) is 0 Å². The summed E-state index contributed by atoms with van der Waals surface area (Å²) in [7, 11) is 0. The second-order valence-corrected chi connectivity index (χ2v) is 10.1. The highest BCUT2D eigenvalue weighted by Gasteiger charge is 2.40. The second-order valence-electron chi connectivity index (χ2n) is 8.52. The normalized spacial score (nSPS) is 16.7. The van der Waals surface area contributed by atoms with Gasteiger partial charge >= 0.3 is 0 Å². The number of nitrogens with zero attached hydrogens (tertiary/aromatic N) is 5. The van der Waals surface area contributed by atoms with Crippen LogP contribution in [0.4, 0.5) is 5.82 Å². The highest BCUT2D eigenvalue weighted by molar-refractivity contribution is 7.15. The average Bonchev–Trinajstić information content (AvgIpc) is 3.49. The first kappa shape index (κ1) is 24.0. The van der Waals surface area contributed by atoms with Crippen molar-refractivity contribution in [3.63, 3.8) is 0 Å². The summed E-state index contributed by atoms with van der Waals surface area (Å²) in [6.45, 7) is 9.28. The summed E-state index contributed by atoms with van der Waals surface area (Å²) >= 11 is 8.20. The van der Waals surface area contributed by atoms with E-state index in [2.05, 4.69) is 30.2 Å². The number of halogens is 2. The van der Waals surface area contributed by atoms with Gasteiger partial charge in [-0.3, -0.25) is 9.36 Å². The number of aryl methyl sites for hydroxylation is 1. The molecule has 4 heterocycles. The zero-order chi connectivity index (χ0) is 22.4. The van der Waals surface area contributed by atoms with Gasteiger partial charge in [0.1, 0.15) is 22.8 Å². The van der Waals surface area contributed by atoms with Gasteiger partial charge < -0.3 is 9.80 Å². The van der Waals surface area contributed by atoms with Crippen molar-refractivity contribution in [3.05, 3.63) is 45.7 Å². The van der Waals surface area contributed by atoms with E-state index in [1.165, 1.54) is 4.88 Å². The SMILES string of the molecule is CCCN(CCC)c1nc(-c2ncn3c2[C@@H]2CCCN2C(=O)c2c(Cl)cccc2-3)sc1C.Cl. The molecule has 2 aliphatic rings. The summed E-state index contributed by atoms with van der Waals surface area (Å²) in [5.74, 6) is 1.07. The summed E-state index contributed by atoms with van der Waals surface area (Å²) in [5, 5.41) is 1.41. The van der Waals surface area contributed by atoms with Crippen LogP contribution in [0.2, 0.25) is 5.02 Å². The molecule has 176 valence electrons. The molecule has 0 saturated carbocycles. The molecule has 0 N–H and O–H groups in total. The minimum Gasteiger partial charge on any atom is -0.356 e. The Morgan fingerprint density at radius 3 is 2.73 bits per heavy atom. The Bertz CT molecular complexity index is 1170. The van der Waals surface area contributed by atoms with Gasteiger partial charge in [-0.05, 0) is 44.7 Å². The van der Waals surface area contributed by atoms with Crippen molar-refractivity contribution in [1.29, 1.82) is 0 Å². The summed E-state index contributed by atoms with van der Waals surface area (Å²) in [4.78, 5) is 28.9. The number of fused-ring (bicyclic) bond motifs is 5. The number of hydrogen-bond acceptors (Lipinski definition) is 5. The molecule has 0 radical (unpaired) electrons. The molecule has 2 aliphatic heterocycles. The molecule has 5 rings (SSSR count).